The summed E-state index contributed by atoms with van der Waals surface area (Å²) < 4.78 is 0. The van der Waals surface area contributed by atoms with E-state index in [1.54, 1.807) is 0 Å². The largest absolute Gasteiger partial charge is 0.388 e. The van der Waals surface area contributed by atoms with Crippen molar-refractivity contribution in [1.29, 1.82) is 0 Å². The Balaban J connectivity index is 1.72. The Labute approximate surface area is 167 Å². The van der Waals surface area contributed by atoms with Gasteiger partial charge < -0.3 is 14.9 Å². The van der Waals surface area contributed by atoms with Crippen LogP contribution < -0.4 is 4.90 Å². The van der Waals surface area contributed by atoms with Crippen LogP contribution in [0, 0.1) is 0 Å². The van der Waals surface area contributed by atoms with Crippen LogP contribution in [0.2, 0.25) is 0 Å². The van der Waals surface area contributed by atoms with Crippen LogP contribution in [0.3, 0.4) is 0 Å². The first-order valence-electron chi connectivity index (χ1n) is 10.3. The quantitative estimate of drug-likeness (QED) is 0.713. The maximum atomic E-state index is 10.1. The second-order valence-electron chi connectivity index (χ2n) is 7.52. The number of likely N-dealkylation sites (N-methyl/N-ethyl adjacent to an activating group) is 1. The lowest BCUT2D eigenvalue weighted by Gasteiger charge is -2.35. The Hall–Kier alpha value is -2.43. The van der Waals surface area contributed by atoms with Gasteiger partial charge in [-0.25, -0.2) is 4.98 Å². The van der Waals surface area contributed by atoms with Crippen molar-refractivity contribution in [2.75, 3.05) is 37.6 Å². The number of hydrogen-bond donors (Lipinski definition) is 1. The fraction of sp³-hybridized carbons (Fsp3) is 0.375. The predicted octanol–water partition coefficient (Wildman–Crippen LogP) is 4.49. The van der Waals surface area contributed by atoms with Gasteiger partial charge in [0.2, 0.25) is 0 Å². The number of piperazine rings is 1. The molecule has 0 aliphatic carbocycles. The molecule has 0 spiro atoms. The second-order valence-corrected chi connectivity index (χ2v) is 7.52. The fourth-order valence-electron chi connectivity index (χ4n) is 3.96. The van der Waals surface area contributed by atoms with Crippen LogP contribution in [-0.4, -0.2) is 47.7 Å². The van der Waals surface area contributed by atoms with E-state index < -0.39 is 6.10 Å². The highest BCUT2D eigenvalue weighted by Gasteiger charge is 2.19. The Bertz CT molecular complexity index is 930. The molecule has 1 unspecified atom stereocenters. The van der Waals surface area contributed by atoms with E-state index in [2.05, 4.69) is 59.2 Å². The number of pyridine rings is 1. The number of nitrogens with zero attached hydrogens (tertiary/aromatic N) is 3. The van der Waals surface area contributed by atoms with Crippen LogP contribution in [-0.2, 0) is 0 Å². The molecule has 4 heteroatoms. The van der Waals surface area contributed by atoms with E-state index in [4.69, 9.17) is 4.98 Å². The van der Waals surface area contributed by atoms with Crippen molar-refractivity contribution in [3.05, 3.63) is 60.2 Å². The van der Waals surface area contributed by atoms with Gasteiger partial charge in [0.25, 0.3) is 0 Å². The average Bonchev–Trinajstić information content (AvgIpc) is 2.78. The summed E-state index contributed by atoms with van der Waals surface area (Å²) >= 11 is 0. The molecule has 0 radical (unpaired) electrons. The van der Waals surface area contributed by atoms with Crippen LogP contribution in [0.4, 0.5) is 5.82 Å². The third-order valence-electron chi connectivity index (χ3n) is 5.82. The summed E-state index contributed by atoms with van der Waals surface area (Å²) in [5, 5.41) is 12.5. The lowest BCUT2D eigenvalue weighted by molar-refractivity contribution is 0.173. The standard InChI is InChI=1S/C24H29N3O/c1-3-23(28)19-11-9-18(10-12-19)22-17-20-7-5-6-8-21(20)24(25-22)27-15-13-26(4-2)14-16-27/h5-12,17,23,28H,3-4,13-16H2,1-2H3. The predicted molar refractivity (Wildman–Crippen MR) is 117 cm³/mol. The normalized spacial score (nSPS) is 16.5. The van der Waals surface area contributed by atoms with Crippen molar-refractivity contribution in [2.24, 2.45) is 0 Å². The van der Waals surface area contributed by atoms with Crippen molar-refractivity contribution in [2.45, 2.75) is 26.4 Å². The van der Waals surface area contributed by atoms with Gasteiger partial charge >= 0.3 is 0 Å². The summed E-state index contributed by atoms with van der Waals surface area (Å²) in [5.74, 6) is 1.08. The minimum absolute atomic E-state index is 0.399. The zero-order valence-corrected chi connectivity index (χ0v) is 16.8. The molecule has 3 aromatic rings. The molecular formula is C24H29N3O. The summed E-state index contributed by atoms with van der Waals surface area (Å²) in [7, 11) is 0. The molecule has 4 nitrogen and oxygen atoms in total. The number of rotatable bonds is 5. The topological polar surface area (TPSA) is 39.6 Å². The highest BCUT2D eigenvalue weighted by Crippen LogP contribution is 2.31. The van der Waals surface area contributed by atoms with E-state index in [0.29, 0.717) is 0 Å². The molecule has 0 bridgehead atoms. The summed E-state index contributed by atoms with van der Waals surface area (Å²) in [6.45, 7) is 9.52. The Morgan fingerprint density at radius 1 is 0.964 bits per heavy atom. The van der Waals surface area contributed by atoms with E-state index in [0.717, 1.165) is 61.8 Å². The molecule has 4 rings (SSSR count). The van der Waals surface area contributed by atoms with Gasteiger partial charge in [-0.05, 0) is 30.0 Å². The fourth-order valence-corrected chi connectivity index (χ4v) is 3.96. The Morgan fingerprint density at radius 3 is 2.36 bits per heavy atom. The smallest absolute Gasteiger partial charge is 0.137 e. The molecule has 2 heterocycles. The summed E-state index contributed by atoms with van der Waals surface area (Å²) in [6, 6.07) is 18.9. The zero-order valence-electron chi connectivity index (χ0n) is 16.8. The number of aliphatic hydroxyl groups excluding tert-OH is 1. The lowest BCUT2D eigenvalue weighted by Crippen LogP contribution is -2.46. The first-order chi connectivity index (χ1) is 13.7. The maximum Gasteiger partial charge on any atom is 0.137 e. The number of aromatic nitrogens is 1. The first kappa shape index (κ1) is 18.9. The van der Waals surface area contributed by atoms with Crippen LogP contribution in [0.5, 0.6) is 0 Å². The van der Waals surface area contributed by atoms with Crippen LogP contribution >= 0.6 is 0 Å². The number of fused-ring (bicyclic) bond motifs is 1. The minimum atomic E-state index is -0.399. The van der Waals surface area contributed by atoms with E-state index in [9.17, 15) is 5.11 Å². The Kier molecular flexibility index (Phi) is 5.60. The van der Waals surface area contributed by atoms with Crippen molar-refractivity contribution >= 4 is 16.6 Å². The van der Waals surface area contributed by atoms with Crippen LogP contribution in [0.1, 0.15) is 31.9 Å². The molecule has 1 aromatic heterocycles. The van der Waals surface area contributed by atoms with Gasteiger partial charge in [-0.15, -0.1) is 0 Å². The lowest BCUT2D eigenvalue weighted by atomic mass is 10.0. The van der Waals surface area contributed by atoms with Crippen LogP contribution in [0.15, 0.2) is 54.6 Å². The van der Waals surface area contributed by atoms with Gasteiger partial charge in [-0.2, -0.15) is 0 Å². The number of benzene rings is 2. The third-order valence-corrected chi connectivity index (χ3v) is 5.82. The number of hydrogen-bond acceptors (Lipinski definition) is 4. The number of anilines is 1. The maximum absolute atomic E-state index is 10.1. The van der Waals surface area contributed by atoms with Gasteiger partial charge in [-0.3, -0.25) is 0 Å². The monoisotopic (exact) mass is 375 g/mol. The molecule has 1 N–H and O–H groups in total. The molecule has 146 valence electrons. The van der Waals surface area contributed by atoms with Gasteiger partial charge in [-0.1, -0.05) is 62.4 Å². The number of aliphatic hydroxyl groups is 1. The summed E-state index contributed by atoms with van der Waals surface area (Å²) in [5.41, 5.74) is 3.04. The molecule has 1 aliphatic rings. The van der Waals surface area contributed by atoms with Gasteiger partial charge in [0.1, 0.15) is 5.82 Å². The van der Waals surface area contributed by atoms with Crippen LogP contribution in [0.25, 0.3) is 22.0 Å². The van der Waals surface area contributed by atoms with Gasteiger partial charge in [0.05, 0.1) is 11.8 Å². The second kappa shape index (κ2) is 8.29. The molecule has 1 aliphatic heterocycles. The van der Waals surface area contributed by atoms with Crippen molar-refractivity contribution in [3.8, 4) is 11.3 Å². The molecule has 0 amide bonds. The van der Waals surface area contributed by atoms with Gasteiger partial charge in [0, 0.05) is 37.1 Å². The summed E-state index contributed by atoms with van der Waals surface area (Å²) in [4.78, 5) is 10.00. The Morgan fingerprint density at radius 2 is 1.68 bits per heavy atom. The summed E-state index contributed by atoms with van der Waals surface area (Å²) in [6.07, 6.45) is 0.325. The molecule has 0 saturated carbocycles. The van der Waals surface area contributed by atoms with E-state index in [1.807, 2.05) is 19.1 Å². The van der Waals surface area contributed by atoms with Crippen molar-refractivity contribution in [3.63, 3.8) is 0 Å². The van der Waals surface area contributed by atoms with Crippen molar-refractivity contribution in [1.82, 2.24) is 9.88 Å². The van der Waals surface area contributed by atoms with Crippen molar-refractivity contribution < 1.29 is 5.11 Å². The first-order valence-corrected chi connectivity index (χ1v) is 10.3. The highest BCUT2D eigenvalue weighted by molar-refractivity contribution is 5.95. The van der Waals surface area contributed by atoms with E-state index >= 15 is 0 Å². The molecule has 1 fully saturated rings. The molecular weight excluding hydrogens is 346 g/mol. The molecule has 1 atom stereocenters. The zero-order chi connectivity index (χ0) is 19.5. The van der Waals surface area contributed by atoms with E-state index in [1.165, 1.54) is 10.8 Å². The molecule has 2 aromatic carbocycles. The van der Waals surface area contributed by atoms with E-state index in [-0.39, 0.29) is 0 Å². The van der Waals surface area contributed by atoms with Gasteiger partial charge in [0.15, 0.2) is 0 Å². The third kappa shape index (κ3) is 3.75. The minimum Gasteiger partial charge on any atom is -0.388 e. The molecule has 1 saturated heterocycles. The average molecular weight is 376 g/mol. The highest BCUT2D eigenvalue weighted by atomic mass is 16.3. The SMILES string of the molecule is CCC(O)c1ccc(-c2cc3ccccc3c(N3CCN(CC)CC3)n2)cc1. The molecule has 28 heavy (non-hydrogen) atoms.